The van der Waals surface area contributed by atoms with E-state index < -0.39 is 0 Å². The van der Waals surface area contributed by atoms with Gasteiger partial charge in [0.05, 0.1) is 12.0 Å². The molecule has 0 atom stereocenters. The van der Waals surface area contributed by atoms with E-state index in [1.807, 2.05) is 35.8 Å². The molecule has 0 bridgehead atoms. The molecule has 2 rings (SSSR count). The number of hydrogen-bond acceptors (Lipinski definition) is 2. The molecule has 1 aliphatic rings. The molecule has 0 unspecified atom stereocenters. The van der Waals surface area contributed by atoms with E-state index in [2.05, 4.69) is 12.1 Å². The van der Waals surface area contributed by atoms with Gasteiger partial charge in [-0.1, -0.05) is 36.4 Å². The normalized spacial score (nSPS) is 15.1. The first kappa shape index (κ1) is 8.45. The standard InChI is InChI=1S/C11H10OS/c1-2-6-10-7-3-4-8-11(10)12-13-9-5-1/h1-5,7-9H,6H2. The maximum Gasteiger partial charge on any atom is 0.141 e. The first-order chi connectivity index (χ1) is 6.47. The molecule has 1 heterocycles. The third kappa shape index (κ3) is 2.16. The van der Waals surface area contributed by atoms with Gasteiger partial charge in [0.1, 0.15) is 5.75 Å². The zero-order chi connectivity index (χ0) is 8.93. The monoisotopic (exact) mass is 190 g/mol. The highest BCUT2D eigenvalue weighted by Gasteiger charge is 2.01. The minimum Gasteiger partial charge on any atom is -0.421 e. The van der Waals surface area contributed by atoms with Crippen molar-refractivity contribution in [1.29, 1.82) is 0 Å². The van der Waals surface area contributed by atoms with Gasteiger partial charge in [-0.05, 0) is 18.1 Å². The quantitative estimate of drug-likeness (QED) is 0.580. The maximum atomic E-state index is 5.50. The molecule has 0 saturated carbocycles. The largest absolute Gasteiger partial charge is 0.421 e. The van der Waals surface area contributed by atoms with Crippen LogP contribution in [0.25, 0.3) is 0 Å². The molecule has 0 spiro atoms. The average Bonchev–Trinajstić information content (AvgIpc) is 2.28. The summed E-state index contributed by atoms with van der Waals surface area (Å²) in [5.74, 6) is 0.962. The van der Waals surface area contributed by atoms with E-state index in [9.17, 15) is 0 Å². The van der Waals surface area contributed by atoms with Crippen molar-refractivity contribution < 1.29 is 4.18 Å². The van der Waals surface area contributed by atoms with Crippen molar-refractivity contribution in [3.63, 3.8) is 0 Å². The second-order valence-electron chi connectivity index (χ2n) is 2.75. The summed E-state index contributed by atoms with van der Waals surface area (Å²) in [6.45, 7) is 0. The molecule has 66 valence electrons. The topological polar surface area (TPSA) is 9.23 Å². The molecule has 0 amide bonds. The van der Waals surface area contributed by atoms with Gasteiger partial charge in [-0.25, -0.2) is 0 Å². The van der Waals surface area contributed by atoms with Crippen LogP contribution in [0.5, 0.6) is 5.75 Å². The molecular formula is C11H10OS. The van der Waals surface area contributed by atoms with Gasteiger partial charge in [-0.15, -0.1) is 0 Å². The summed E-state index contributed by atoms with van der Waals surface area (Å²) in [5.41, 5.74) is 1.23. The van der Waals surface area contributed by atoms with Crippen LogP contribution in [0.1, 0.15) is 5.56 Å². The molecular weight excluding hydrogens is 180 g/mol. The van der Waals surface area contributed by atoms with Crippen LogP contribution in [0.2, 0.25) is 0 Å². The van der Waals surface area contributed by atoms with E-state index in [0.29, 0.717) is 0 Å². The minimum atomic E-state index is 0.932. The van der Waals surface area contributed by atoms with E-state index in [1.165, 1.54) is 17.6 Å². The zero-order valence-corrected chi connectivity index (χ0v) is 7.96. The molecule has 2 heteroatoms. The van der Waals surface area contributed by atoms with E-state index in [0.717, 1.165) is 12.2 Å². The molecule has 1 aromatic carbocycles. The molecule has 0 fully saturated rings. The lowest BCUT2D eigenvalue weighted by molar-refractivity contribution is 0.643. The number of para-hydroxylation sites is 1. The first-order valence-corrected chi connectivity index (χ1v) is 5.00. The fourth-order valence-electron chi connectivity index (χ4n) is 1.18. The number of allylic oxidation sites excluding steroid dienone is 3. The predicted molar refractivity (Wildman–Crippen MR) is 56.6 cm³/mol. The van der Waals surface area contributed by atoms with Crippen molar-refractivity contribution in [3.05, 3.63) is 53.5 Å². The van der Waals surface area contributed by atoms with Gasteiger partial charge in [-0.2, -0.15) is 0 Å². The summed E-state index contributed by atoms with van der Waals surface area (Å²) < 4.78 is 5.50. The SMILES string of the molecule is C1=CCc2ccccc2OSC=C1. The predicted octanol–water partition coefficient (Wildman–Crippen LogP) is 3.34. The molecule has 0 radical (unpaired) electrons. The minimum absolute atomic E-state index is 0.932. The van der Waals surface area contributed by atoms with Gasteiger partial charge in [-0.3, -0.25) is 0 Å². The van der Waals surface area contributed by atoms with E-state index >= 15 is 0 Å². The van der Waals surface area contributed by atoms with Gasteiger partial charge >= 0.3 is 0 Å². The number of fused-ring (bicyclic) bond motifs is 1. The third-order valence-corrected chi connectivity index (χ3v) is 2.37. The Labute approximate surface area is 82.3 Å². The lowest BCUT2D eigenvalue weighted by atomic mass is 10.1. The van der Waals surface area contributed by atoms with Crippen molar-refractivity contribution >= 4 is 12.0 Å². The number of benzene rings is 1. The highest BCUT2D eigenvalue weighted by Crippen LogP contribution is 2.24. The molecule has 13 heavy (non-hydrogen) atoms. The third-order valence-electron chi connectivity index (χ3n) is 1.83. The van der Waals surface area contributed by atoms with Crippen molar-refractivity contribution in [1.82, 2.24) is 0 Å². The van der Waals surface area contributed by atoms with Crippen LogP contribution < -0.4 is 4.18 Å². The molecule has 1 aliphatic heterocycles. The highest BCUT2D eigenvalue weighted by molar-refractivity contribution is 7.97. The fourth-order valence-corrected chi connectivity index (χ4v) is 1.66. The lowest BCUT2D eigenvalue weighted by Crippen LogP contribution is -1.86. The summed E-state index contributed by atoms with van der Waals surface area (Å²) >= 11 is 1.35. The second-order valence-corrected chi connectivity index (χ2v) is 3.38. The Balaban J connectivity index is 2.31. The van der Waals surface area contributed by atoms with Crippen LogP contribution in [-0.4, -0.2) is 0 Å². The van der Waals surface area contributed by atoms with Crippen LogP contribution in [0, 0.1) is 0 Å². The van der Waals surface area contributed by atoms with E-state index in [-0.39, 0.29) is 0 Å². The van der Waals surface area contributed by atoms with Crippen LogP contribution in [0.4, 0.5) is 0 Å². The fraction of sp³-hybridized carbons (Fsp3) is 0.0909. The Bertz CT molecular complexity index is 342. The van der Waals surface area contributed by atoms with Crippen LogP contribution in [-0.2, 0) is 6.42 Å². The molecule has 1 nitrogen and oxygen atoms in total. The van der Waals surface area contributed by atoms with Crippen molar-refractivity contribution in [2.45, 2.75) is 6.42 Å². The summed E-state index contributed by atoms with van der Waals surface area (Å²) in [5, 5.41) is 1.93. The summed E-state index contributed by atoms with van der Waals surface area (Å²) in [4.78, 5) is 0. The van der Waals surface area contributed by atoms with E-state index in [1.54, 1.807) is 0 Å². The van der Waals surface area contributed by atoms with Crippen molar-refractivity contribution in [2.24, 2.45) is 0 Å². The molecule has 0 aliphatic carbocycles. The van der Waals surface area contributed by atoms with Gasteiger partial charge in [0.15, 0.2) is 0 Å². The summed E-state index contributed by atoms with van der Waals surface area (Å²) in [6.07, 6.45) is 7.08. The van der Waals surface area contributed by atoms with Gasteiger partial charge in [0.2, 0.25) is 0 Å². The maximum absolute atomic E-state index is 5.50. The Morgan fingerprint density at radius 3 is 3.08 bits per heavy atom. The molecule has 0 aromatic heterocycles. The van der Waals surface area contributed by atoms with E-state index in [4.69, 9.17) is 4.18 Å². The Morgan fingerprint density at radius 2 is 2.08 bits per heavy atom. The molecule has 0 saturated heterocycles. The second kappa shape index (κ2) is 4.19. The number of rotatable bonds is 0. The lowest BCUT2D eigenvalue weighted by Gasteiger charge is -2.05. The van der Waals surface area contributed by atoms with Crippen LogP contribution >= 0.6 is 12.0 Å². The Kier molecular flexibility index (Phi) is 2.72. The summed E-state index contributed by atoms with van der Waals surface area (Å²) in [7, 11) is 0. The van der Waals surface area contributed by atoms with Crippen molar-refractivity contribution in [2.75, 3.05) is 0 Å². The zero-order valence-electron chi connectivity index (χ0n) is 7.14. The Hall–Kier alpha value is -1.15. The van der Waals surface area contributed by atoms with Gasteiger partial charge in [0, 0.05) is 5.41 Å². The Morgan fingerprint density at radius 1 is 1.15 bits per heavy atom. The van der Waals surface area contributed by atoms with Gasteiger partial charge in [0.25, 0.3) is 0 Å². The highest BCUT2D eigenvalue weighted by atomic mass is 32.2. The average molecular weight is 190 g/mol. The number of hydrogen-bond donors (Lipinski definition) is 0. The van der Waals surface area contributed by atoms with Gasteiger partial charge < -0.3 is 4.18 Å². The van der Waals surface area contributed by atoms with Crippen LogP contribution in [0.15, 0.2) is 47.9 Å². The smallest absolute Gasteiger partial charge is 0.141 e. The van der Waals surface area contributed by atoms with Crippen molar-refractivity contribution in [3.8, 4) is 5.75 Å². The van der Waals surface area contributed by atoms with Crippen LogP contribution in [0.3, 0.4) is 0 Å². The summed E-state index contributed by atoms with van der Waals surface area (Å²) in [6, 6.07) is 8.11. The molecule has 1 aromatic rings. The molecule has 0 N–H and O–H groups in total. The first-order valence-electron chi connectivity index (χ1n) is 4.20.